The third kappa shape index (κ3) is 4.45. The molecule has 2 N–H and O–H groups in total. The van der Waals surface area contributed by atoms with E-state index >= 15 is 0 Å². The van der Waals surface area contributed by atoms with Crippen LogP contribution < -0.4 is 4.74 Å². The van der Waals surface area contributed by atoms with E-state index < -0.39 is 0 Å². The van der Waals surface area contributed by atoms with Gasteiger partial charge in [0.2, 0.25) is 0 Å². The lowest BCUT2D eigenvalue weighted by atomic mass is 9.98. The lowest BCUT2D eigenvalue weighted by Gasteiger charge is -2.19. The Kier molecular flexibility index (Phi) is 6.45. The first-order chi connectivity index (χ1) is 12.4. The van der Waals surface area contributed by atoms with Crippen molar-refractivity contribution in [3.8, 4) is 17.2 Å². The minimum Gasteiger partial charge on any atom is -0.508 e. The van der Waals surface area contributed by atoms with Gasteiger partial charge in [0.15, 0.2) is 5.78 Å². The van der Waals surface area contributed by atoms with Gasteiger partial charge in [0.25, 0.3) is 0 Å². The number of carbonyl (C=O) groups is 1. The molecule has 0 bridgehead atoms. The Hall–Kier alpha value is -2.75. The number of hydrogen-bond donors (Lipinski definition) is 2. The first kappa shape index (κ1) is 19.6. The summed E-state index contributed by atoms with van der Waals surface area (Å²) in [4.78, 5) is 12.4. The van der Waals surface area contributed by atoms with Crippen LogP contribution in [0, 0.1) is 0 Å². The molecular formula is C22H26O4. The highest BCUT2D eigenvalue weighted by atomic mass is 16.5. The van der Waals surface area contributed by atoms with E-state index in [9.17, 15) is 15.0 Å². The summed E-state index contributed by atoms with van der Waals surface area (Å²) in [5, 5.41) is 20.0. The van der Waals surface area contributed by atoms with Gasteiger partial charge in [-0.3, -0.25) is 4.79 Å². The Morgan fingerprint density at radius 2 is 1.69 bits per heavy atom. The molecule has 2 aromatic rings. The lowest BCUT2D eigenvalue weighted by Crippen LogP contribution is -2.09. The molecule has 2 rings (SSSR count). The quantitative estimate of drug-likeness (QED) is 0.548. The molecule has 0 fully saturated rings. The van der Waals surface area contributed by atoms with Crippen LogP contribution in [0.25, 0.3) is 6.08 Å². The third-order valence-electron chi connectivity index (χ3n) is 4.11. The smallest absolute Gasteiger partial charge is 0.185 e. The highest BCUT2D eigenvalue weighted by Gasteiger charge is 2.17. The number of rotatable bonds is 7. The number of carbonyl (C=O) groups excluding carboxylic acids is 1. The van der Waals surface area contributed by atoms with Gasteiger partial charge in [0.05, 0.1) is 11.7 Å². The second-order valence-corrected chi connectivity index (χ2v) is 6.40. The molecule has 4 nitrogen and oxygen atoms in total. The summed E-state index contributed by atoms with van der Waals surface area (Å²) in [5.74, 6) is 0.668. The number of benzene rings is 2. The van der Waals surface area contributed by atoms with Gasteiger partial charge in [-0.2, -0.15) is 0 Å². The predicted octanol–water partition coefficient (Wildman–Crippen LogP) is 4.91. The molecule has 2 aromatic carbocycles. The van der Waals surface area contributed by atoms with Crippen molar-refractivity contribution in [2.45, 2.75) is 46.6 Å². The van der Waals surface area contributed by atoms with Gasteiger partial charge in [-0.15, -0.1) is 0 Å². The zero-order chi connectivity index (χ0) is 19.3. The van der Waals surface area contributed by atoms with Crippen molar-refractivity contribution in [2.24, 2.45) is 0 Å². The summed E-state index contributed by atoms with van der Waals surface area (Å²) in [5.41, 5.74) is 2.83. The highest BCUT2D eigenvalue weighted by molar-refractivity contribution is 6.07. The Balaban J connectivity index is 2.48. The Morgan fingerprint density at radius 1 is 1.08 bits per heavy atom. The normalized spacial score (nSPS) is 11.3. The lowest BCUT2D eigenvalue weighted by molar-refractivity contribution is 0.104. The molecule has 0 aliphatic heterocycles. The summed E-state index contributed by atoms with van der Waals surface area (Å²) in [7, 11) is 0. The largest absolute Gasteiger partial charge is 0.508 e. The van der Waals surface area contributed by atoms with E-state index in [2.05, 4.69) is 0 Å². The number of aryl methyl sites for hydroxylation is 2. The topological polar surface area (TPSA) is 66.8 Å². The van der Waals surface area contributed by atoms with Gasteiger partial charge >= 0.3 is 0 Å². The number of allylic oxidation sites excluding steroid dienone is 1. The Bertz CT molecular complexity index is 802. The average Bonchev–Trinajstić information content (AvgIpc) is 2.61. The van der Waals surface area contributed by atoms with Crippen LogP contribution in [0.1, 0.15) is 54.7 Å². The van der Waals surface area contributed by atoms with E-state index in [1.807, 2.05) is 33.8 Å². The summed E-state index contributed by atoms with van der Waals surface area (Å²) in [6.07, 6.45) is 4.44. The minimum absolute atomic E-state index is 0.0490. The summed E-state index contributed by atoms with van der Waals surface area (Å²) < 4.78 is 5.95. The van der Waals surface area contributed by atoms with Gasteiger partial charge in [0, 0.05) is 5.56 Å². The number of phenolic OH excluding ortho intramolecular Hbond substituents is 2. The van der Waals surface area contributed by atoms with Gasteiger partial charge in [-0.05, 0) is 80.3 Å². The average molecular weight is 354 g/mol. The van der Waals surface area contributed by atoms with Crippen LogP contribution in [0.3, 0.4) is 0 Å². The summed E-state index contributed by atoms with van der Waals surface area (Å²) >= 11 is 0. The molecule has 0 aliphatic rings. The van der Waals surface area contributed by atoms with E-state index in [4.69, 9.17) is 4.74 Å². The van der Waals surface area contributed by atoms with Crippen molar-refractivity contribution >= 4 is 11.9 Å². The van der Waals surface area contributed by atoms with E-state index in [1.54, 1.807) is 18.2 Å². The second kappa shape index (κ2) is 8.56. The number of phenols is 2. The fourth-order valence-corrected chi connectivity index (χ4v) is 2.74. The van der Waals surface area contributed by atoms with Crippen molar-refractivity contribution in [1.82, 2.24) is 0 Å². The number of hydrogen-bond acceptors (Lipinski definition) is 4. The fraction of sp³-hybridized carbons (Fsp3) is 0.318. The molecule has 0 saturated heterocycles. The molecule has 0 amide bonds. The Morgan fingerprint density at radius 3 is 2.23 bits per heavy atom. The van der Waals surface area contributed by atoms with Crippen molar-refractivity contribution in [3.05, 3.63) is 58.7 Å². The van der Waals surface area contributed by atoms with Gasteiger partial charge in [-0.25, -0.2) is 0 Å². The SMILES string of the molecule is CCc1cc(CC)c(OC(C)C)c(C=CC(=O)c2ccc(O)cc2)c1O. The van der Waals surface area contributed by atoms with Crippen LogP contribution in [0.2, 0.25) is 0 Å². The van der Waals surface area contributed by atoms with Gasteiger partial charge in [0.1, 0.15) is 17.2 Å². The van der Waals surface area contributed by atoms with Crippen LogP contribution in [0.15, 0.2) is 36.4 Å². The van der Waals surface area contributed by atoms with E-state index in [-0.39, 0.29) is 23.4 Å². The zero-order valence-corrected chi connectivity index (χ0v) is 15.7. The van der Waals surface area contributed by atoms with Crippen LogP contribution in [-0.4, -0.2) is 22.1 Å². The molecule has 26 heavy (non-hydrogen) atoms. The van der Waals surface area contributed by atoms with Crippen LogP contribution in [0.4, 0.5) is 0 Å². The van der Waals surface area contributed by atoms with Crippen molar-refractivity contribution in [2.75, 3.05) is 0 Å². The zero-order valence-electron chi connectivity index (χ0n) is 15.7. The van der Waals surface area contributed by atoms with Crippen LogP contribution in [-0.2, 0) is 12.8 Å². The molecule has 0 aromatic heterocycles. The van der Waals surface area contributed by atoms with Crippen LogP contribution in [0.5, 0.6) is 17.2 Å². The minimum atomic E-state index is -0.208. The third-order valence-corrected chi connectivity index (χ3v) is 4.11. The van der Waals surface area contributed by atoms with E-state index in [0.29, 0.717) is 23.3 Å². The Labute approximate surface area is 154 Å². The van der Waals surface area contributed by atoms with Crippen molar-refractivity contribution < 1.29 is 19.7 Å². The standard InChI is InChI=1S/C22H26O4/c1-5-15-13-16(6-2)22(26-14(3)4)19(21(15)25)11-12-20(24)17-7-9-18(23)10-8-17/h7-14,23,25H,5-6H2,1-4H3. The molecule has 0 saturated carbocycles. The van der Waals surface area contributed by atoms with E-state index in [0.717, 1.165) is 17.5 Å². The molecule has 0 unspecified atom stereocenters. The first-order valence-electron chi connectivity index (χ1n) is 8.93. The molecule has 0 heterocycles. The number of aromatic hydroxyl groups is 2. The van der Waals surface area contributed by atoms with Crippen molar-refractivity contribution in [3.63, 3.8) is 0 Å². The number of ketones is 1. The monoisotopic (exact) mass is 354 g/mol. The van der Waals surface area contributed by atoms with Crippen molar-refractivity contribution in [1.29, 1.82) is 0 Å². The first-order valence-corrected chi connectivity index (χ1v) is 8.93. The molecule has 0 atom stereocenters. The molecule has 138 valence electrons. The van der Waals surface area contributed by atoms with Gasteiger partial charge in [-0.1, -0.05) is 13.8 Å². The van der Waals surface area contributed by atoms with Gasteiger partial charge < -0.3 is 14.9 Å². The van der Waals surface area contributed by atoms with Crippen LogP contribution >= 0.6 is 0 Å². The molecule has 0 radical (unpaired) electrons. The number of ether oxygens (including phenoxy) is 1. The highest BCUT2D eigenvalue weighted by Crippen LogP contribution is 2.37. The second-order valence-electron chi connectivity index (χ2n) is 6.40. The maximum absolute atomic E-state index is 12.4. The maximum atomic E-state index is 12.4. The van der Waals surface area contributed by atoms with E-state index in [1.165, 1.54) is 18.2 Å². The maximum Gasteiger partial charge on any atom is 0.185 e. The predicted molar refractivity (Wildman–Crippen MR) is 104 cm³/mol. The fourth-order valence-electron chi connectivity index (χ4n) is 2.74. The molecule has 4 heteroatoms. The summed E-state index contributed by atoms with van der Waals surface area (Å²) in [6.45, 7) is 7.87. The molecule has 0 spiro atoms. The molecule has 0 aliphatic carbocycles. The summed E-state index contributed by atoms with van der Waals surface area (Å²) in [6, 6.07) is 8.03. The molecular weight excluding hydrogens is 328 g/mol.